The van der Waals surface area contributed by atoms with Crippen molar-refractivity contribution in [1.82, 2.24) is 5.32 Å². The van der Waals surface area contributed by atoms with Gasteiger partial charge in [0.1, 0.15) is 0 Å². The Hall–Kier alpha value is -0.340. The zero-order chi connectivity index (χ0) is 7.82. The van der Waals surface area contributed by atoms with E-state index in [0.29, 0.717) is 0 Å². The lowest BCUT2D eigenvalue weighted by atomic mass is 10.2. The van der Waals surface area contributed by atoms with Crippen molar-refractivity contribution in [3.8, 4) is 0 Å². The van der Waals surface area contributed by atoms with Crippen molar-refractivity contribution < 1.29 is 5.11 Å². The molecule has 0 fully saturated rings. The second-order valence-corrected chi connectivity index (χ2v) is 2.32. The number of hydrogen-bond donors (Lipinski definition) is 2. The maximum atomic E-state index is 8.74. The van der Waals surface area contributed by atoms with Crippen LogP contribution in [0, 0.1) is 0 Å². The molecule has 0 saturated carbocycles. The van der Waals surface area contributed by atoms with Crippen molar-refractivity contribution in [2.24, 2.45) is 0 Å². The van der Waals surface area contributed by atoms with Crippen molar-refractivity contribution in [3.05, 3.63) is 12.7 Å². The summed E-state index contributed by atoms with van der Waals surface area (Å²) in [5.74, 6) is 0. The third-order valence-electron chi connectivity index (χ3n) is 1.49. The molecule has 0 radical (unpaired) electrons. The van der Waals surface area contributed by atoms with Crippen molar-refractivity contribution >= 4 is 0 Å². The second-order valence-electron chi connectivity index (χ2n) is 2.32. The molecule has 1 atom stereocenters. The van der Waals surface area contributed by atoms with E-state index in [9.17, 15) is 0 Å². The van der Waals surface area contributed by atoms with Crippen LogP contribution in [-0.4, -0.2) is 24.3 Å². The molecule has 0 amide bonds. The highest BCUT2D eigenvalue weighted by atomic mass is 16.3. The molecule has 2 heteroatoms. The highest BCUT2D eigenvalue weighted by molar-refractivity contribution is 4.70. The molecule has 0 aromatic rings. The predicted octanol–water partition coefficient (Wildman–Crippen LogP) is 0.923. The first-order valence-electron chi connectivity index (χ1n) is 3.80. The first-order chi connectivity index (χ1) is 4.85. The van der Waals surface area contributed by atoms with Crippen LogP contribution in [0.3, 0.4) is 0 Å². The molecule has 0 saturated heterocycles. The molecule has 0 aliphatic rings. The Morgan fingerprint density at radius 1 is 1.70 bits per heavy atom. The highest BCUT2D eigenvalue weighted by Gasteiger charge is 1.99. The Balaban J connectivity index is 3.16. The van der Waals surface area contributed by atoms with Crippen LogP contribution in [0.4, 0.5) is 0 Å². The van der Waals surface area contributed by atoms with Gasteiger partial charge in [-0.3, -0.25) is 0 Å². The van der Waals surface area contributed by atoms with E-state index >= 15 is 0 Å². The van der Waals surface area contributed by atoms with Gasteiger partial charge < -0.3 is 10.4 Å². The van der Waals surface area contributed by atoms with Gasteiger partial charge in [0.25, 0.3) is 0 Å². The number of rotatable bonds is 6. The standard InChI is InChI=1S/C8H17NO/c1-3-5-6-9-8(4-2)7-10/h3,8-10H,1,4-7H2,2H3. The van der Waals surface area contributed by atoms with Gasteiger partial charge in [-0.15, -0.1) is 6.58 Å². The van der Waals surface area contributed by atoms with Crippen molar-refractivity contribution in [2.45, 2.75) is 25.8 Å². The first kappa shape index (κ1) is 9.66. The summed E-state index contributed by atoms with van der Waals surface area (Å²) in [6.07, 6.45) is 3.82. The van der Waals surface area contributed by atoms with Gasteiger partial charge in [0.2, 0.25) is 0 Å². The maximum absolute atomic E-state index is 8.74. The Labute approximate surface area is 62.9 Å². The Kier molecular flexibility index (Phi) is 6.55. The van der Waals surface area contributed by atoms with Gasteiger partial charge in [-0.05, 0) is 19.4 Å². The molecule has 0 aliphatic heterocycles. The monoisotopic (exact) mass is 143 g/mol. The molecule has 60 valence electrons. The molecule has 0 aromatic carbocycles. The largest absolute Gasteiger partial charge is 0.395 e. The Morgan fingerprint density at radius 2 is 2.40 bits per heavy atom. The summed E-state index contributed by atoms with van der Waals surface area (Å²) in [5.41, 5.74) is 0. The van der Waals surface area contributed by atoms with Gasteiger partial charge in [-0.25, -0.2) is 0 Å². The molecule has 0 aromatic heterocycles. The van der Waals surface area contributed by atoms with Crippen LogP contribution in [0.25, 0.3) is 0 Å². The van der Waals surface area contributed by atoms with Crippen LogP contribution in [0.2, 0.25) is 0 Å². The highest BCUT2D eigenvalue weighted by Crippen LogP contribution is 1.88. The molecule has 0 heterocycles. The summed E-state index contributed by atoms with van der Waals surface area (Å²) < 4.78 is 0. The minimum absolute atomic E-state index is 0.230. The van der Waals surface area contributed by atoms with E-state index in [2.05, 4.69) is 18.8 Å². The minimum atomic E-state index is 0.230. The van der Waals surface area contributed by atoms with Gasteiger partial charge in [0.15, 0.2) is 0 Å². The molecule has 0 bridgehead atoms. The molecule has 0 spiro atoms. The maximum Gasteiger partial charge on any atom is 0.0584 e. The quantitative estimate of drug-likeness (QED) is 0.428. The van der Waals surface area contributed by atoms with E-state index in [1.165, 1.54) is 0 Å². The van der Waals surface area contributed by atoms with Crippen LogP contribution >= 0.6 is 0 Å². The Morgan fingerprint density at radius 3 is 2.80 bits per heavy atom. The van der Waals surface area contributed by atoms with Gasteiger partial charge >= 0.3 is 0 Å². The van der Waals surface area contributed by atoms with E-state index in [1.54, 1.807) is 0 Å². The molecular formula is C8H17NO. The zero-order valence-electron chi connectivity index (χ0n) is 6.64. The third-order valence-corrected chi connectivity index (χ3v) is 1.49. The molecule has 2 nitrogen and oxygen atoms in total. The third kappa shape index (κ3) is 4.53. The van der Waals surface area contributed by atoms with E-state index in [1.807, 2.05) is 6.08 Å². The summed E-state index contributed by atoms with van der Waals surface area (Å²) in [6, 6.07) is 0.264. The molecule has 10 heavy (non-hydrogen) atoms. The van der Waals surface area contributed by atoms with Crippen molar-refractivity contribution in [3.63, 3.8) is 0 Å². The van der Waals surface area contributed by atoms with Crippen molar-refractivity contribution in [2.75, 3.05) is 13.2 Å². The van der Waals surface area contributed by atoms with Crippen LogP contribution < -0.4 is 5.32 Å². The van der Waals surface area contributed by atoms with Crippen LogP contribution in [0.5, 0.6) is 0 Å². The zero-order valence-corrected chi connectivity index (χ0v) is 6.64. The number of aliphatic hydroxyl groups is 1. The van der Waals surface area contributed by atoms with Crippen LogP contribution in [-0.2, 0) is 0 Å². The van der Waals surface area contributed by atoms with Gasteiger partial charge in [0.05, 0.1) is 6.61 Å². The molecule has 1 unspecified atom stereocenters. The predicted molar refractivity (Wildman–Crippen MR) is 44.0 cm³/mol. The van der Waals surface area contributed by atoms with Gasteiger partial charge in [0, 0.05) is 6.04 Å². The molecular weight excluding hydrogens is 126 g/mol. The first-order valence-corrected chi connectivity index (χ1v) is 3.80. The molecule has 0 rings (SSSR count). The van der Waals surface area contributed by atoms with Crippen LogP contribution in [0.15, 0.2) is 12.7 Å². The van der Waals surface area contributed by atoms with Crippen LogP contribution in [0.1, 0.15) is 19.8 Å². The fraction of sp³-hybridized carbons (Fsp3) is 0.750. The summed E-state index contributed by atoms with van der Waals surface area (Å²) in [5, 5.41) is 11.9. The smallest absolute Gasteiger partial charge is 0.0584 e. The number of aliphatic hydroxyl groups excluding tert-OH is 1. The lowest BCUT2D eigenvalue weighted by molar-refractivity contribution is 0.240. The van der Waals surface area contributed by atoms with Crippen molar-refractivity contribution in [1.29, 1.82) is 0 Å². The van der Waals surface area contributed by atoms with E-state index < -0.39 is 0 Å². The topological polar surface area (TPSA) is 32.3 Å². The SMILES string of the molecule is C=CCCNC(CC)CO. The summed E-state index contributed by atoms with van der Waals surface area (Å²) >= 11 is 0. The fourth-order valence-electron chi connectivity index (χ4n) is 0.728. The lowest BCUT2D eigenvalue weighted by Crippen LogP contribution is -2.32. The second kappa shape index (κ2) is 6.78. The average Bonchev–Trinajstić information content (AvgIpc) is 1.99. The van der Waals surface area contributed by atoms with E-state index in [0.717, 1.165) is 19.4 Å². The number of hydrogen-bond acceptors (Lipinski definition) is 2. The van der Waals surface area contributed by atoms with E-state index in [4.69, 9.17) is 5.11 Å². The minimum Gasteiger partial charge on any atom is -0.395 e. The van der Waals surface area contributed by atoms with Gasteiger partial charge in [-0.2, -0.15) is 0 Å². The molecule has 2 N–H and O–H groups in total. The van der Waals surface area contributed by atoms with Gasteiger partial charge in [-0.1, -0.05) is 13.0 Å². The summed E-state index contributed by atoms with van der Waals surface area (Å²) in [6.45, 7) is 6.81. The normalized spacial score (nSPS) is 13.0. The van der Waals surface area contributed by atoms with E-state index in [-0.39, 0.29) is 12.6 Å². The Bertz CT molecular complexity index is 79.3. The number of nitrogens with one attached hydrogen (secondary N) is 1. The summed E-state index contributed by atoms with van der Waals surface area (Å²) in [4.78, 5) is 0. The fourth-order valence-corrected chi connectivity index (χ4v) is 0.728. The molecule has 0 aliphatic carbocycles. The average molecular weight is 143 g/mol. The lowest BCUT2D eigenvalue weighted by Gasteiger charge is -2.12. The summed E-state index contributed by atoms with van der Waals surface area (Å²) in [7, 11) is 0.